The molecule has 1 aromatic heterocycles. The Morgan fingerprint density at radius 2 is 2.11 bits per heavy atom. The number of alkyl halides is 1. The Morgan fingerprint density at radius 1 is 1.26 bits per heavy atom. The van der Waals surface area contributed by atoms with Gasteiger partial charge in [0.25, 0.3) is 0 Å². The minimum Gasteiger partial charge on any atom is -0.493 e. The molecule has 1 aromatic carbocycles. The van der Waals surface area contributed by atoms with Crippen LogP contribution in [0.4, 0.5) is 0 Å². The molecule has 0 aliphatic rings. The van der Waals surface area contributed by atoms with Crippen molar-refractivity contribution in [2.45, 2.75) is 32.1 Å². The van der Waals surface area contributed by atoms with Crippen molar-refractivity contribution in [3.05, 3.63) is 30.2 Å². The van der Waals surface area contributed by atoms with E-state index in [9.17, 15) is 0 Å². The van der Waals surface area contributed by atoms with Crippen LogP contribution < -0.4 is 4.74 Å². The van der Waals surface area contributed by atoms with Gasteiger partial charge in [0, 0.05) is 0 Å². The summed E-state index contributed by atoms with van der Waals surface area (Å²) in [5.41, 5.74) is 0.833. The van der Waals surface area contributed by atoms with Crippen LogP contribution in [-0.4, -0.2) is 16.7 Å². The highest BCUT2D eigenvalue weighted by molar-refractivity contribution is 6.16. The van der Waals surface area contributed by atoms with E-state index in [1.807, 2.05) is 24.3 Å². The zero-order valence-corrected chi connectivity index (χ0v) is 11.7. The molecule has 0 unspecified atom stereocenters. The Labute approximate surface area is 117 Å². The lowest BCUT2D eigenvalue weighted by Crippen LogP contribution is -1.99. The summed E-state index contributed by atoms with van der Waals surface area (Å²) in [6.45, 7) is 2.87. The predicted molar refractivity (Wildman–Crippen MR) is 74.3 cm³/mol. The number of para-hydroxylation sites is 1. The number of rotatable bonds is 7. The van der Waals surface area contributed by atoms with Crippen molar-refractivity contribution in [1.82, 2.24) is 10.1 Å². The van der Waals surface area contributed by atoms with Gasteiger partial charge in [0.05, 0.1) is 12.2 Å². The number of ether oxygens (including phenoxy) is 1. The SMILES string of the molecule is CCCCCOc1ccccc1-c1noc(CCl)n1. The second-order valence-electron chi connectivity index (χ2n) is 4.20. The van der Waals surface area contributed by atoms with E-state index < -0.39 is 0 Å². The van der Waals surface area contributed by atoms with Crippen LogP contribution in [0.5, 0.6) is 5.75 Å². The lowest BCUT2D eigenvalue weighted by atomic mass is 10.2. The van der Waals surface area contributed by atoms with E-state index in [4.69, 9.17) is 20.9 Å². The van der Waals surface area contributed by atoms with Gasteiger partial charge in [0.2, 0.25) is 11.7 Å². The van der Waals surface area contributed by atoms with Crippen LogP contribution >= 0.6 is 11.6 Å². The topological polar surface area (TPSA) is 48.2 Å². The van der Waals surface area contributed by atoms with E-state index in [0.717, 1.165) is 17.7 Å². The van der Waals surface area contributed by atoms with Gasteiger partial charge in [-0.2, -0.15) is 4.98 Å². The van der Waals surface area contributed by atoms with Crippen molar-refractivity contribution in [2.75, 3.05) is 6.61 Å². The lowest BCUT2D eigenvalue weighted by Gasteiger charge is -2.08. The van der Waals surface area contributed by atoms with Crippen molar-refractivity contribution in [3.63, 3.8) is 0 Å². The van der Waals surface area contributed by atoms with Crippen LogP contribution in [0, 0.1) is 0 Å². The zero-order valence-electron chi connectivity index (χ0n) is 10.9. The van der Waals surface area contributed by atoms with E-state index in [1.54, 1.807) is 0 Å². The summed E-state index contributed by atoms with van der Waals surface area (Å²) >= 11 is 5.66. The summed E-state index contributed by atoms with van der Waals surface area (Å²) < 4.78 is 10.8. The zero-order chi connectivity index (χ0) is 13.5. The van der Waals surface area contributed by atoms with Crippen LogP contribution in [-0.2, 0) is 5.88 Å². The number of halogens is 1. The molecule has 0 amide bonds. The highest BCUT2D eigenvalue weighted by atomic mass is 35.5. The smallest absolute Gasteiger partial charge is 0.241 e. The highest BCUT2D eigenvalue weighted by Crippen LogP contribution is 2.27. The van der Waals surface area contributed by atoms with Crippen molar-refractivity contribution < 1.29 is 9.26 Å². The average Bonchev–Trinajstić information content (AvgIpc) is 2.93. The minimum atomic E-state index is 0.215. The molecule has 102 valence electrons. The van der Waals surface area contributed by atoms with Gasteiger partial charge in [-0.05, 0) is 18.6 Å². The molecule has 0 bridgehead atoms. The van der Waals surface area contributed by atoms with Crippen LogP contribution in [0.15, 0.2) is 28.8 Å². The second kappa shape index (κ2) is 7.14. The standard InChI is InChI=1S/C14H17ClN2O2/c1-2-3-6-9-18-12-8-5-4-7-11(12)14-16-13(10-15)19-17-14/h4-5,7-8H,2-3,6,9-10H2,1H3. The molecule has 0 atom stereocenters. The predicted octanol–water partition coefficient (Wildman–Crippen LogP) is 4.04. The lowest BCUT2D eigenvalue weighted by molar-refractivity contribution is 0.307. The fraction of sp³-hybridized carbons (Fsp3) is 0.429. The number of unbranched alkanes of at least 4 members (excludes halogenated alkanes) is 2. The van der Waals surface area contributed by atoms with Crippen molar-refractivity contribution in [3.8, 4) is 17.1 Å². The maximum atomic E-state index is 5.78. The van der Waals surface area contributed by atoms with Crippen LogP contribution in [0.1, 0.15) is 32.1 Å². The molecule has 2 aromatic rings. The Hall–Kier alpha value is -1.55. The summed E-state index contributed by atoms with van der Waals surface area (Å²) in [5, 5.41) is 3.91. The molecule has 0 aliphatic carbocycles. The molecule has 5 heteroatoms. The number of hydrogen-bond acceptors (Lipinski definition) is 4. The van der Waals surface area contributed by atoms with Gasteiger partial charge < -0.3 is 9.26 Å². The molecule has 0 spiro atoms. The third kappa shape index (κ3) is 3.70. The Balaban J connectivity index is 2.11. The van der Waals surface area contributed by atoms with E-state index in [0.29, 0.717) is 18.3 Å². The first kappa shape index (κ1) is 13.9. The number of nitrogens with zero attached hydrogens (tertiary/aromatic N) is 2. The first-order chi connectivity index (χ1) is 9.35. The molecule has 19 heavy (non-hydrogen) atoms. The fourth-order valence-corrected chi connectivity index (χ4v) is 1.84. The van der Waals surface area contributed by atoms with Gasteiger partial charge in [0.1, 0.15) is 11.6 Å². The number of benzene rings is 1. The molecule has 4 nitrogen and oxygen atoms in total. The average molecular weight is 281 g/mol. The first-order valence-corrected chi connectivity index (χ1v) is 6.99. The van der Waals surface area contributed by atoms with Gasteiger partial charge in [-0.1, -0.05) is 37.1 Å². The quantitative estimate of drug-likeness (QED) is 0.567. The molecule has 2 rings (SSSR count). The largest absolute Gasteiger partial charge is 0.493 e. The third-order valence-corrected chi connectivity index (χ3v) is 2.94. The molecule has 0 aliphatic heterocycles. The number of hydrogen-bond donors (Lipinski definition) is 0. The molecule has 1 heterocycles. The van der Waals surface area contributed by atoms with E-state index in [1.165, 1.54) is 12.8 Å². The third-order valence-electron chi connectivity index (χ3n) is 2.72. The minimum absolute atomic E-state index is 0.215. The van der Waals surface area contributed by atoms with E-state index in [2.05, 4.69) is 17.1 Å². The fourth-order valence-electron chi connectivity index (χ4n) is 1.73. The summed E-state index contributed by atoms with van der Waals surface area (Å²) in [4.78, 5) is 4.21. The van der Waals surface area contributed by atoms with Crippen LogP contribution in [0.3, 0.4) is 0 Å². The first-order valence-electron chi connectivity index (χ1n) is 6.46. The van der Waals surface area contributed by atoms with Crippen LogP contribution in [0.2, 0.25) is 0 Å². The van der Waals surface area contributed by atoms with Crippen molar-refractivity contribution >= 4 is 11.6 Å². The maximum Gasteiger partial charge on any atom is 0.241 e. The van der Waals surface area contributed by atoms with Crippen LogP contribution in [0.25, 0.3) is 11.4 Å². The molecule has 0 radical (unpaired) electrons. The van der Waals surface area contributed by atoms with E-state index in [-0.39, 0.29) is 5.88 Å². The second-order valence-corrected chi connectivity index (χ2v) is 4.46. The Morgan fingerprint density at radius 3 is 2.84 bits per heavy atom. The summed E-state index contributed by atoms with van der Waals surface area (Å²) in [5.74, 6) is 1.92. The monoisotopic (exact) mass is 280 g/mol. The Bertz CT molecular complexity index is 514. The Kier molecular flexibility index (Phi) is 5.21. The highest BCUT2D eigenvalue weighted by Gasteiger charge is 2.12. The molecule has 0 fully saturated rings. The summed E-state index contributed by atoms with van der Waals surface area (Å²) in [6, 6.07) is 7.68. The van der Waals surface area contributed by atoms with Gasteiger partial charge in [-0.3, -0.25) is 0 Å². The van der Waals surface area contributed by atoms with Crippen molar-refractivity contribution in [1.29, 1.82) is 0 Å². The van der Waals surface area contributed by atoms with Gasteiger partial charge in [-0.15, -0.1) is 11.6 Å². The number of aromatic nitrogens is 2. The molecule has 0 N–H and O–H groups in total. The molecule has 0 saturated heterocycles. The molecule has 0 saturated carbocycles. The van der Waals surface area contributed by atoms with Gasteiger partial charge in [0.15, 0.2) is 0 Å². The molecular formula is C14H17ClN2O2. The van der Waals surface area contributed by atoms with Gasteiger partial charge >= 0.3 is 0 Å². The summed E-state index contributed by atoms with van der Waals surface area (Å²) in [7, 11) is 0. The van der Waals surface area contributed by atoms with Crippen molar-refractivity contribution in [2.24, 2.45) is 0 Å². The summed E-state index contributed by atoms with van der Waals surface area (Å²) in [6.07, 6.45) is 3.39. The normalized spacial score (nSPS) is 10.6. The van der Waals surface area contributed by atoms with Gasteiger partial charge in [-0.25, -0.2) is 0 Å². The van der Waals surface area contributed by atoms with E-state index >= 15 is 0 Å². The molecular weight excluding hydrogens is 264 g/mol. The maximum absolute atomic E-state index is 5.78.